The summed E-state index contributed by atoms with van der Waals surface area (Å²) in [4.78, 5) is 6.39. The molecule has 0 spiro atoms. The third-order valence-corrected chi connectivity index (χ3v) is 3.17. The first kappa shape index (κ1) is 12.7. The molecule has 0 fully saturated rings. The van der Waals surface area contributed by atoms with E-state index in [0.717, 1.165) is 5.39 Å². The monoisotopic (exact) mass is 272 g/mol. The molecule has 5 nitrogen and oxygen atoms in total. The van der Waals surface area contributed by atoms with Crippen molar-refractivity contribution in [3.8, 4) is 11.5 Å². The Kier molecular flexibility index (Phi) is 2.99. The quantitative estimate of drug-likeness (QED) is 0.794. The van der Waals surface area contributed by atoms with Crippen LogP contribution in [0, 0.1) is 0 Å². The lowest BCUT2D eigenvalue weighted by Crippen LogP contribution is -2.10. The van der Waals surface area contributed by atoms with E-state index in [1.54, 1.807) is 13.2 Å². The highest BCUT2D eigenvalue weighted by Gasteiger charge is 2.16. The van der Waals surface area contributed by atoms with E-state index in [4.69, 9.17) is 9.15 Å². The number of aromatic nitrogens is 1. The van der Waals surface area contributed by atoms with Gasteiger partial charge in [-0.05, 0) is 20.2 Å². The molecule has 1 N–H and O–H groups in total. The van der Waals surface area contributed by atoms with Gasteiger partial charge in [-0.2, -0.15) is 0 Å². The van der Waals surface area contributed by atoms with Crippen molar-refractivity contribution in [2.45, 2.75) is 6.54 Å². The van der Waals surface area contributed by atoms with Crippen LogP contribution in [0.2, 0.25) is 0 Å². The van der Waals surface area contributed by atoms with Crippen molar-refractivity contribution in [1.82, 2.24) is 9.88 Å². The highest BCUT2D eigenvalue weighted by atomic mass is 16.5. The molecule has 0 radical (unpaired) electrons. The number of nitrogens with zero attached hydrogens (tertiary/aromatic N) is 2. The maximum Gasteiger partial charge on any atom is 0.209 e. The molecule has 1 heterocycles. The molecular formula is C15H16N2O3. The number of benzene rings is 2. The molecule has 0 atom stereocenters. The zero-order valence-corrected chi connectivity index (χ0v) is 11.7. The summed E-state index contributed by atoms with van der Waals surface area (Å²) in [5.74, 6) is 1.45. The Morgan fingerprint density at radius 1 is 1.35 bits per heavy atom. The van der Waals surface area contributed by atoms with Gasteiger partial charge in [0.25, 0.3) is 0 Å². The van der Waals surface area contributed by atoms with Gasteiger partial charge in [-0.25, -0.2) is 4.98 Å². The van der Waals surface area contributed by atoms with E-state index in [2.05, 4.69) is 4.98 Å². The standard InChI is InChI=1S/C15H16N2O3/c1-17(2)8-13-16-10-7-11(18)9-5-4-6-12(19-3)14(9)15(10)20-13/h4-7,18H,8H2,1-3H3. The first-order chi connectivity index (χ1) is 9.60. The maximum absolute atomic E-state index is 10.1. The summed E-state index contributed by atoms with van der Waals surface area (Å²) in [7, 11) is 5.50. The molecule has 0 aliphatic carbocycles. The molecule has 0 bridgehead atoms. The summed E-state index contributed by atoms with van der Waals surface area (Å²) in [5, 5.41) is 11.6. The van der Waals surface area contributed by atoms with Gasteiger partial charge in [0.1, 0.15) is 17.0 Å². The molecule has 0 aliphatic heterocycles. The summed E-state index contributed by atoms with van der Waals surface area (Å²) in [6.45, 7) is 0.603. The van der Waals surface area contributed by atoms with Crippen LogP contribution in [0.3, 0.4) is 0 Å². The second-order valence-electron chi connectivity index (χ2n) is 4.97. The molecule has 3 rings (SSSR count). The molecule has 104 valence electrons. The smallest absolute Gasteiger partial charge is 0.209 e. The Bertz CT molecular complexity index is 777. The first-order valence-electron chi connectivity index (χ1n) is 6.33. The van der Waals surface area contributed by atoms with Gasteiger partial charge < -0.3 is 19.2 Å². The van der Waals surface area contributed by atoms with E-state index in [1.807, 2.05) is 37.2 Å². The van der Waals surface area contributed by atoms with Crippen molar-refractivity contribution < 1.29 is 14.3 Å². The predicted octanol–water partition coefficient (Wildman–Crippen LogP) is 2.76. The minimum Gasteiger partial charge on any atom is -0.507 e. The van der Waals surface area contributed by atoms with Crippen molar-refractivity contribution in [3.05, 3.63) is 30.2 Å². The molecule has 0 unspecified atom stereocenters. The van der Waals surface area contributed by atoms with Crippen LogP contribution in [0.4, 0.5) is 0 Å². The van der Waals surface area contributed by atoms with Gasteiger partial charge in [-0.3, -0.25) is 0 Å². The molecule has 0 saturated carbocycles. The number of phenolic OH excluding ortho intramolecular Hbond substituents is 1. The average molecular weight is 272 g/mol. The summed E-state index contributed by atoms with van der Waals surface area (Å²) < 4.78 is 11.2. The Labute approximate surface area is 116 Å². The van der Waals surface area contributed by atoms with Crippen LogP contribution in [0.1, 0.15) is 5.89 Å². The Morgan fingerprint density at radius 3 is 2.85 bits per heavy atom. The second-order valence-corrected chi connectivity index (χ2v) is 4.97. The van der Waals surface area contributed by atoms with E-state index in [1.165, 1.54) is 0 Å². The average Bonchev–Trinajstić information content (AvgIpc) is 2.79. The van der Waals surface area contributed by atoms with Gasteiger partial charge >= 0.3 is 0 Å². The summed E-state index contributed by atoms with van der Waals surface area (Å²) in [6, 6.07) is 7.14. The van der Waals surface area contributed by atoms with Crippen molar-refractivity contribution in [2.75, 3.05) is 21.2 Å². The van der Waals surface area contributed by atoms with Crippen LogP contribution >= 0.6 is 0 Å². The number of hydrogen-bond acceptors (Lipinski definition) is 5. The number of rotatable bonds is 3. The molecule has 0 amide bonds. The van der Waals surface area contributed by atoms with Gasteiger partial charge in [-0.15, -0.1) is 0 Å². The number of oxazole rings is 1. The lowest BCUT2D eigenvalue weighted by Gasteiger charge is -2.06. The zero-order valence-electron chi connectivity index (χ0n) is 11.7. The second kappa shape index (κ2) is 4.68. The fourth-order valence-electron chi connectivity index (χ4n) is 2.35. The zero-order chi connectivity index (χ0) is 14.3. The Balaban J connectivity index is 2.35. The molecule has 3 aromatic rings. The molecule has 1 aromatic heterocycles. The van der Waals surface area contributed by atoms with Crippen LogP contribution in [0.15, 0.2) is 28.7 Å². The van der Waals surface area contributed by atoms with Gasteiger partial charge in [-0.1, -0.05) is 12.1 Å². The highest BCUT2D eigenvalue weighted by molar-refractivity contribution is 6.09. The number of phenols is 1. The van der Waals surface area contributed by atoms with Crippen LogP contribution in [-0.4, -0.2) is 36.2 Å². The fraction of sp³-hybridized carbons (Fsp3) is 0.267. The number of fused-ring (bicyclic) bond motifs is 3. The van der Waals surface area contributed by atoms with Crippen molar-refractivity contribution in [2.24, 2.45) is 0 Å². The number of aromatic hydroxyl groups is 1. The van der Waals surface area contributed by atoms with Gasteiger partial charge in [0.2, 0.25) is 5.89 Å². The number of ether oxygens (including phenoxy) is 1. The largest absolute Gasteiger partial charge is 0.507 e. The predicted molar refractivity (Wildman–Crippen MR) is 77.1 cm³/mol. The molecule has 2 aromatic carbocycles. The maximum atomic E-state index is 10.1. The summed E-state index contributed by atoms with van der Waals surface area (Å²) in [6.07, 6.45) is 0. The fourth-order valence-corrected chi connectivity index (χ4v) is 2.35. The Hall–Kier alpha value is -2.27. The lowest BCUT2D eigenvalue weighted by atomic mass is 10.1. The minimum absolute atomic E-state index is 0.177. The van der Waals surface area contributed by atoms with Crippen molar-refractivity contribution >= 4 is 21.9 Å². The third-order valence-electron chi connectivity index (χ3n) is 3.17. The summed E-state index contributed by atoms with van der Waals surface area (Å²) in [5.41, 5.74) is 1.28. The van der Waals surface area contributed by atoms with E-state index in [9.17, 15) is 5.11 Å². The first-order valence-corrected chi connectivity index (χ1v) is 6.33. The van der Waals surface area contributed by atoms with Crippen LogP contribution < -0.4 is 4.74 Å². The lowest BCUT2D eigenvalue weighted by molar-refractivity contribution is 0.349. The van der Waals surface area contributed by atoms with Crippen molar-refractivity contribution in [3.63, 3.8) is 0 Å². The van der Waals surface area contributed by atoms with Crippen LogP contribution in [-0.2, 0) is 6.54 Å². The van der Waals surface area contributed by atoms with Crippen LogP contribution in [0.25, 0.3) is 21.9 Å². The Morgan fingerprint density at radius 2 is 2.15 bits per heavy atom. The van der Waals surface area contributed by atoms with E-state index >= 15 is 0 Å². The van der Waals surface area contributed by atoms with Gasteiger partial charge in [0, 0.05) is 11.5 Å². The number of methoxy groups -OCH3 is 1. The minimum atomic E-state index is 0.177. The highest BCUT2D eigenvalue weighted by Crippen LogP contribution is 2.38. The molecular weight excluding hydrogens is 256 g/mol. The van der Waals surface area contributed by atoms with Crippen LogP contribution in [0.5, 0.6) is 11.5 Å². The molecule has 0 saturated heterocycles. The molecule has 5 heteroatoms. The van der Waals surface area contributed by atoms with E-state index < -0.39 is 0 Å². The van der Waals surface area contributed by atoms with E-state index in [-0.39, 0.29) is 5.75 Å². The topological polar surface area (TPSA) is 58.7 Å². The summed E-state index contributed by atoms with van der Waals surface area (Å²) >= 11 is 0. The van der Waals surface area contributed by atoms with Gasteiger partial charge in [0.15, 0.2) is 5.58 Å². The normalized spacial score (nSPS) is 11.6. The number of hydrogen-bond donors (Lipinski definition) is 1. The third kappa shape index (κ3) is 1.96. The van der Waals surface area contributed by atoms with E-state index in [0.29, 0.717) is 34.7 Å². The van der Waals surface area contributed by atoms with Crippen molar-refractivity contribution in [1.29, 1.82) is 0 Å². The molecule has 0 aliphatic rings. The molecule has 20 heavy (non-hydrogen) atoms. The van der Waals surface area contributed by atoms with Gasteiger partial charge in [0.05, 0.1) is 19.0 Å². The SMILES string of the molecule is COc1cccc2c(O)cc3nc(CN(C)C)oc3c12.